The molecule has 252 valence electrons. The first-order chi connectivity index (χ1) is 21.9. The Balaban J connectivity index is 1.71. The Morgan fingerprint density at radius 2 is 1.26 bits per heavy atom. The van der Waals surface area contributed by atoms with Gasteiger partial charge in [0.1, 0.15) is 83.2 Å². The second-order valence-corrected chi connectivity index (χ2v) is 10.8. The van der Waals surface area contributed by atoms with Gasteiger partial charge in [-0.3, -0.25) is 4.79 Å². The predicted octanol–water partition coefficient (Wildman–Crippen LogP) is -2.42. The molecule has 1 aromatic heterocycles. The lowest BCUT2D eigenvalue weighted by atomic mass is 9.89. The van der Waals surface area contributed by atoms with Gasteiger partial charge in [-0.2, -0.15) is 0 Å². The molecule has 0 saturated carbocycles. The Labute approximate surface area is 259 Å². The smallest absolute Gasteiger partial charge is 0.229 e. The Kier molecular flexibility index (Phi) is 9.62. The first kappa shape index (κ1) is 33.6. The van der Waals surface area contributed by atoms with Gasteiger partial charge in [0.15, 0.2) is 16.9 Å². The number of phenols is 2. The van der Waals surface area contributed by atoms with Gasteiger partial charge >= 0.3 is 0 Å². The minimum Gasteiger partial charge on any atom is -0.506 e. The molecule has 0 aliphatic carbocycles. The maximum absolute atomic E-state index is 13.5. The number of ether oxygens (including phenoxy) is 5. The molecule has 0 amide bonds. The van der Waals surface area contributed by atoms with Crippen molar-refractivity contribution in [1.82, 2.24) is 0 Å². The van der Waals surface area contributed by atoms with E-state index in [0.29, 0.717) is 0 Å². The van der Waals surface area contributed by atoms with E-state index < -0.39 is 102 Å². The van der Waals surface area contributed by atoms with Crippen molar-refractivity contribution in [3.8, 4) is 40.1 Å². The maximum Gasteiger partial charge on any atom is 0.229 e. The molecule has 0 spiro atoms. The summed E-state index contributed by atoms with van der Waals surface area (Å²) in [6.45, 7) is -1.63. The molecule has 10 atom stereocenters. The van der Waals surface area contributed by atoms with Crippen LogP contribution in [0, 0.1) is 0 Å². The number of benzene rings is 2. The van der Waals surface area contributed by atoms with Crippen LogP contribution >= 0.6 is 0 Å². The molecule has 10 unspecified atom stereocenters. The highest BCUT2D eigenvalue weighted by molar-refractivity contribution is 5.88. The van der Waals surface area contributed by atoms with Crippen LogP contribution in [0.1, 0.15) is 11.7 Å². The Morgan fingerprint density at radius 3 is 1.83 bits per heavy atom. The van der Waals surface area contributed by atoms with Crippen molar-refractivity contribution < 1.29 is 79.2 Å². The summed E-state index contributed by atoms with van der Waals surface area (Å²) in [6, 6.07) is 4.74. The molecule has 2 fully saturated rings. The van der Waals surface area contributed by atoms with Gasteiger partial charge in [0.2, 0.25) is 12.0 Å². The van der Waals surface area contributed by atoms with Crippen LogP contribution < -0.4 is 19.6 Å². The highest BCUT2D eigenvalue weighted by Gasteiger charge is 2.48. The number of aliphatic hydroxyl groups is 8. The summed E-state index contributed by atoms with van der Waals surface area (Å²) in [5, 5.41) is 103. The molecular formula is C29H34O17. The lowest BCUT2D eigenvalue weighted by Gasteiger charge is -2.42. The highest BCUT2D eigenvalue weighted by Crippen LogP contribution is 2.47. The van der Waals surface area contributed by atoms with Gasteiger partial charge in [-0.15, -0.1) is 0 Å². The molecule has 2 aromatic carbocycles. The van der Waals surface area contributed by atoms with E-state index >= 15 is 0 Å². The largest absolute Gasteiger partial charge is 0.506 e. The molecule has 46 heavy (non-hydrogen) atoms. The van der Waals surface area contributed by atoms with Crippen LogP contribution in [-0.2, 0) is 9.47 Å². The number of hydrogen-bond acceptors (Lipinski definition) is 17. The molecule has 10 N–H and O–H groups in total. The summed E-state index contributed by atoms with van der Waals surface area (Å²) < 4.78 is 33.1. The zero-order valence-electron chi connectivity index (χ0n) is 24.3. The zero-order chi connectivity index (χ0) is 33.6. The van der Waals surface area contributed by atoms with Gasteiger partial charge in [0.05, 0.1) is 33.0 Å². The third-order valence-electron chi connectivity index (χ3n) is 8.03. The fraction of sp³-hybridized carbons (Fsp3) is 0.483. The van der Waals surface area contributed by atoms with Crippen molar-refractivity contribution in [3.05, 3.63) is 40.1 Å². The van der Waals surface area contributed by atoms with Gasteiger partial charge in [-0.25, -0.2) is 0 Å². The quantitative estimate of drug-likeness (QED) is 0.121. The zero-order valence-corrected chi connectivity index (χ0v) is 24.3. The maximum atomic E-state index is 13.5. The van der Waals surface area contributed by atoms with Gasteiger partial charge in [-0.1, -0.05) is 0 Å². The first-order valence-electron chi connectivity index (χ1n) is 13.9. The molecule has 2 saturated heterocycles. The lowest BCUT2D eigenvalue weighted by Crippen LogP contribution is -2.60. The monoisotopic (exact) mass is 654 g/mol. The van der Waals surface area contributed by atoms with E-state index in [2.05, 4.69) is 0 Å². The Bertz CT molecular complexity index is 1590. The Morgan fingerprint density at radius 1 is 0.696 bits per heavy atom. The van der Waals surface area contributed by atoms with Crippen molar-refractivity contribution in [2.24, 2.45) is 0 Å². The molecule has 5 rings (SSSR count). The number of aliphatic hydroxyl groups excluding tert-OH is 8. The van der Waals surface area contributed by atoms with Gasteiger partial charge in [0.25, 0.3) is 0 Å². The fourth-order valence-corrected chi connectivity index (χ4v) is 5.48. The number of methoxy groups -OCH3 is 2. The minimum atomic E-state index is -1.97. The van der Waals surface area contributed by atoms with Gasteiger partial charge < -0.3 is 79.2 Å². The van der Waals surface area contributed by atoms with Crippen molar-refractivity contribution in [2.45, 2.75) is 61.2 Å². The fourth-order valence-electron chi connectivity index (χ4n) is 5.48. The van der Waals surface area contributed by atoms with E-state index in [1.807, 2.05) is 0 Å². The van der Waals surface area contributed by atoms with Gasteiger partial charge in [0, 0.05) is 17.7 Å². The third kappa shape index (κ3) is 5.71. The predicted molar refractivity (Wildman–Crippen MR) is 151 cm³/mol. The highest BCUT2D eigenvalue weighted by atomic mass is 16.7. The van der Waals surface area contributed by atoms with E-state index in [0.717, 1.165) is 12.1 Å². The van der Waals surface area contributed by atoms with E-state index in [1.54, 1.807) is 0 Å². The molecule has 2 aliphatic heterocycles. The molecule has 2 aliphatic rings. The van der Waals surface area contributed by atoms with Crippen molar-refractivity contribution in [2.75, 3.05) is 27.4 Å². The molecule has 3 aromatic rings. The summed E-state index contributed by atoms with van der Waals surface area (Å²) in [7, 11) is 2.58. The first-order valence-corrected chi connectivity index (χ1v) is 13.9. The van der Waals surface area contributed by atoms with E-state index in [-0.39, 0.29) is 34.2 Å². The summed E-state index contributed by atoms with van der Waals surface area (Å²) in [6.07, 6.45) is -17.7. The van der Waals surface area contributed by atoms with Crippen LogP contribution in [0.2, 0.25) is 0 Å². The SMILES string of the molecule is COc1cc(-c2cc(=O)c3c(O)c(C4OC(CO)C(O)C(O)C4O)c(OC4OC(CO)C(O)C(O)C4O)cc3o2)cc(OC)c1O. The Hall–Kier alpha value is -3.75. The number of phenolic OH excluding ortho intramolecular Hbond substituents is 2. The normalized spacial score (nSPS) is 31.5. The number of aromatic hydroxyl groups is 2. The lowest BCUT2D eigenvalue weighted by molar-refractivity contribution is -0.278. The van der Waals surface area contributed by atoms with E-state index in [4.69, 9.17) is 28.1 Å². The average molecular weight is 655 g/mol. The summed E-state index contributed by atoms with van der Waals surface area (Å²) >= 11 is 0. The van der Waals surface area contributed by atoms with Crippen LogP contribution in [0.3, 0.4) is 0 Å². The average Bonchev–Trinajstić information content (AvgIpc) is 3.04. The molecule has 0 bridgehead atoms. The number of rotatable bonds is 8. The van der Waals surface area contributed by atoms with Crippen molar-refractivity contribution in [1.29, 1.82) is 0 Å². The topological polar surface area (TPSA) is 279 Å². The molecular weight excluding hydrogens is 620 g/mol. The number of fused-ring (bicyclic) bond motifs is 1. The number of hydrogen-bond donors (Lipinski definition) is 10. The van der Waals surface area contributed by atoms with Crippen LogP contribution in [-0.4, -0.2) is 134 Å². The van der Waals surface area contributed by atoms with E-state index in [9.17, 15) is 55.9 Å². The second kappa shape index (κ2) is 13.2. The van der Waals surface area contributed by atoms with Crippen LogP contribution in [0.15, 0.2) is 33.5 Å². The van der Waals surface area contributed by atoms with Crippen molar-refractivity contribution in [3.63, 3.8) is 0 Å². The molecule has 17 heteroatoms. The standard InChI is InChI=1S/C29H34O17/c1-41-14-3-9(4-15(42-2)20(14)33)11-5-10(32)18-12(43-11)6-13(45-29-27(40)25(38)22(35)17(8-31)46-29)19(23(18)36)28-26(39)24(37)21(34)16(7-30)44-28/h3-6,16-17,21-22,24-31,33-40H,7-8H2,1-2H3. The summed E-state index contributed by atoms with van der Waals surface area (Å²) in [4.78, 5) is 13.5. The van der Waals surface area contributed by atoms with Crippen LogP contribution in [0.4, 0.5) is 0 Å². The molecule has 17 nitrogen and oxygen atoms in total. The minimum absolute atomic E-state index is 0.0236. The van der Waals surface area contributed by atoms with E-state index in [1.165, 1.54) is 26.4 Å². The van der Waals surface area contributed by atoms with Crippen LogP contribution in [0.25, 0.3) is 22.3 Å². The third-order valence-corrected chi connectivity index (χ3v) is 8.03. The van der Waals surface area contributed by atoms with Crippen LogP contribution in [0.5, 0.6) is 28.7 Å². The summed E-state index contributed by atoms with van der Waals surface area (Å²) in [5.74, 6) is -1.86. The molecule has 3 heterocycles. The molecule has 0 radical (unpaired) electrons. The van der Waals surface area contributed by atoms with Crippen molar-refractivity contribution >= 4 is 11.0 Å². The summed E-state index contributed by atoms with van der Waals surface area (Å²) in [5.41, 5.74) is -1.47. The van der Waals surface area contributed by atoms with Gasteiger partial charge in [-0.05, 0) is 12.1 Å². The second-order valence-electron chi connectivity index (χ2n) is 10.8.